The second-order valence-electron chi connectivity index (χ2n) is 7.84. The van der Waals surface area contributed by atoms with Gasteiger partial charge in [-0.3, -0.25) is 9.78 Å². The van der Waals surface area contributed by atoms with Gasteiger partial charge in [0, 0.05) is 5.39 Å². The number of anilines is 1. The Morgan fingerprint density at radius 3 is 2.52 bits per heavy atom. The van der Waals surface area contributed by atoms with Crippen LogP contribution in [-0.2, 0) is 14.6 Å². The monoisotopic (exact) mass is 408 g/mol. The summed E-state index contributed by atoms with van der Waals surface area (Å²) in [7, 11) is -3.85. The molecular formula is C23H24N2O3S. The molecule has 1 aromatic heterocycles. The molecule has 0 bridgehead atoms. The van der Waals surface area contributed by atoms with Gasteiger partial charge in [-0.05, 0) is 56.0 Å². The summed E-state index contributed by atoms with van der Waals surface area (Å²) in [6.45, 7) is 3.64. The molecule has 3 aromatic rings. The number of aromatic nitrogens is 1. The Bertz CT molecular complexity index is 1200. The largest absolute Gasteiger partial charge is 0.323 e. The van der Waals surface area contributed by atoms with E-state index in [4.69, 9.17) is 0 Å². The third kappa shape index (κ3) is 3.31. The van der Waals surface area contributed by atoms with Crippen molar-refractivity contribution in [2.45, 2.75) is 49.2 Å². The molecule has 1 N–H and O–H groups in total. The highest BCUT2D eigenvalue weighted by Crippen LogP contribution is 2.42. The van der Waals surface area contributed by atoms with Gasteiger partial charge in [-0.15, -0.1) is 0 Å². The van der Waals surface area contributed by atoms with Gasteiger partial charge < -0.3 is 5.32 Å². The summed E-state index contributed by atoms with van der Waals surface area (Å²) < 4.78 is 25.9. The molecule has 1 amide bonds. The summed E-state index contributed by atoms with van der Waals surface area (Å²) in [5, 5.41) is 3.74. The molecule has 5 nitrogen and oxygen atoms in total. The highest BCUT2D eigenvalue weighted by atomic mass is 32.2. The van der Waals surface area contributed by atoms with Crippen molar-refractivity contribution in [2.24, 2.45) is 0 Å². The van der Waals surface area contributed by atoms with Crippen LogP contribution in [0.3, 0.4) is 0 Å². The Morgan fingerprint density at radius 2 is 1.76 bits per heavy atom. The van der Waals surface area contributed by atoms with Crippen molar-refractivity contribution in [2.75, 3.05) is 5.32 Å². The van der Waals surface area contributed by atoms with E-state index in [0.29, 0.717) is 36.9 Å². The van der Waals surface area contributed by atoms with Crippen LogP contribution < -0.4 is 5.32 Å². The normalized spacial score (nSPS) is 16.1. The molecule has 6 heteroatoms. The third-order valence-electron chi connectivity index (χ3n) is 5.82. The van der Waals surface area contributed by atoms with Crippen LogP contribution in [0.1, 0.15) is 36.8 Å². The second-order valence-corrected chi connectivity index (χ2v) is 10.1. The number of amides is 1. The number of hydrogen-bond acceptors (Lipinski definition) is 4. The average Bonchev–Trinajstić information content (AvgIpc) is 3.21. The first-order chi connectivity index (χ1) is 13.8. The van der Waals surface area contributed by atoms with Crippen LogP contribution >= 0.6 is 0 Å². The number of benzene rings is 2. The SMILES string of the molecule is Cc1ccc(C)c(S(=O)(=O)C2(C(=O)Nc3cnc4ccccc4c3)CCCC2)c1. The van der Waals surface area contributed by atoms with Gasteiger partial charge in [0.1, 0.15) is 0 Å². The van der Waals surface area contributed by atoms with Gasteiger partial charge in [0.25, 0.3) is 0 Å². The Hall–Kier alpha value is -2.73. The van der Waals surface area contributed by atoms with Gasteiger partial charge in [-0.25, -0.2) is 8.42 Å². The number of carbonyl (C=O) groups is 1. The fourth-order valence-corrected chi connectivity index (χ4v) is 6.53. The maximum Gasteiger partial charge on any atom is 0.246 e. The zero-order chi connectivity index (χ0) is 20.6. The van der Waals surface area contributed by atoms with Crippen LogP contribution in [0.25, 0.3) is 10.9 Å². The first-order valence-electron chi connectivity index (χ1n) is 9.82. The number of nitrogens with zero attached hydrogens (tertiary/aromatic N) is 1. The predicted octanol–water partition coefficient (Wildman–Crippen LogP) is 4.58. The minimum Gasteiger partial charge on any atom is -0.323 e. The average molecular weight is 409 g/mol. The zero-order valence-electron chi connectivity index (χ0n) is 16.6. The lowest BCUT2D eigenvalue weighted by Crippen LogP contribution is -2.47. The second kappa shape index (κ2) is 7.26. The molecule has 0 unspecified atom stereocenters. The number of pyridine rings is 1. The Balaban J connectivity index is 1.74. The lowest BCUT2D eigenvalue weighted by molar-refractivity contribution is -0.118. The van der Waals surface area contributed by atoms with E-state index in [9.17, 15) is 13.2 Å². The van der Waals surface area contributed by atoms with E-state index in [2.05, 4.69) is 10.3 Å². The molecule has 0 atom stereocenters. The van der Waals surface area contributed by atoms with Gasteiger partial charge in [0.05, 0.1) is 22.3 Å². The van der Waals surface area contributed by atoms with Crippen LogP contribution in [0, 0.1) is 13.8 Å². The smallest absolute Gasteiger partial charge is 0.246 e. The number of para-hydroxylation sites is 1. The van der Waals surface area contributed by atoms with Crippen LogP contribution in [0.4, 0.5) is 5.69 Å². The standard InChI is InChI=1S/C23H24N2O3S/c1-16-9-10-17(2)21(13-16)29(27,28)23(11-5-6-12-23)22(26)25-19-14-18-7-3-4-8-20(18)24-15-19/h3-4,7-10,13-15H,5-6,11-12H2,1-2H3,(H,25,26). The van der Waals surface area contributed by atoms with Crippen molar-refractivity contribution in [1.29, 1.82) is 0 Å². The molecule has 1 saturated carbocycles. The first-order valence-corrected chi connectivity index (χ1v) is 11.3. The van der Waals surface area contributed by atoms with Crippen LogP contribution in [0.2, 0.25) is 0 Å². The molecular weight excluding hydrogens is 384 g/mol. The molecule has 29 heavy (non-hydrogen) atoms. The van der Waals surface area contributed by atoms with E-state index in [0.717, 1.165) is 16.5 Å². The molecule has 0 spiro atoms. The molecule has 0 aliphatic heterocycles. The van der Waals surface area contributed by atoms with Crippen LogP contribution in [0.5, 0.6) is 0 Å². The van der Waals surface area contributed by atoms with Crippen molar-refractivity contribution in [3.8, 4) is 0 Å². The Morgan fingerprint density at radius 1 is 1.03 bits per heavy atom. The molecule has 1 aliphatic carbocycles. The minimum atomic E-state index is -3.85. The summed E-state index contributed by atoms with van der Waals surface area (Å²) in [6.07, 6.45) is 3.67. The van der Waals surface area contributed by atoms with E-state index >= 15 is 0 Å². The number of sulfone groups is 1. The van der Waals surface area contributed by atoms with Gasteiger partial charge in [-0.1, -0.05) is 43.2 Å². The van der Waals surface area contributed by atoms with E-state index in [-0.39, 0.29) is 4.90 Å². The number of hydrogen-bond donors (Lipinski definition) is 1. The topological polar surface area (TPSA) is 76.1 Å². The molecule has 1 fully saturated rings. The maximum absolute atomic E-state index is 13.7. The van der Waals surface area contributed by atoms with Crippen LogP contribution in [0.15, 0.2) is 59.6 Å². The summed E-state index contributed by atoms with van der Waals surface area (Å²) in [6, 6.07) is 14.8. The summed E-state index contributed by atoms with van der Waals surface area (Å²) in [4.78, 5) is 18.0. The molecule has 0 radical (unpaired) electrons. The Kier molecular flexibility index (Phi) is 4.90. The third-order valence-corrected chi connectivity index (χ3v) is 8.46. The number of carbonyl (C=O) groups excluding carboxylic acids is 1. The molecule has 150 valence electrons. The van der Waals surface area contributed by atoms with Gasteiger partial charge >= 0.3 is 0 Å². The van der Waals surface area contributed by atoms with E-state index in [1.807, 2.05) is 43.3 Å². The quantitative estimate of drug-likeness (QED) is 0.686. The molecule has 1 heterocycles. The van der Waals surface area contributed by atoms with Crippen molar-refractivity contribution in [3.05, 3.63) is 65.9 Å². The molecule has 0 saturated heterocycles. The van der Waals surface area contributed by atoms with E-state index in [1.165, 1.54) is 0 Å². The number of fused-ring (bicyclic) bond motifs is 1. The summed E-state index contributed by atoms with van der Waals surface area (Å²) >= 11 is 0. The van der Waals surface area contributed by atoms with Gasteiger partial charge in [0.15, 0.2) is 14.6 Å². The predicted molar refractivity (Wildman–Crippen MR) is 115 cm³/mol. The lowest BCUT2D eigenvalue weighted by atomic mass is 10.1. The molecule has 4 rings (SSSR count). The van der Waals surface area contributed by atoms with Gasteiger partial charge in [0.2, 0.25) is 5.91 Å². The van der Waals surface area contributed by atoms with E-state index < -0.39 is 20.5 Å². The Labute approximate surface area is 171 Å². The minimum absolute atomic E-state index is 0.256. The highest BCUT2D eigenvalue weighted by Gasteiger charge is 2.53. The van der Waals surface area contributed by atoms with Crippen molar-refractivity contribution in [1.82, 2.24) is 4.98 Å². The summed E-state index contributed by atoms with van der Waals surface area (Å²) in [5.41, 5.74) is 2.86. The van der Waals surface area contributed by atoms with E-state index in [1.54, 1.807) is 25.3 Å². The van der Waals surface area contributed by atoms with Crippen molar-refractivity contribution < 1.29 is 13.2 Å². The number of rotatable bonds is 4. The zero-order valence-corrected chi connectivity index (χ0v) is 17.4. The van der Waals surface area contributed by atoms with Crippen LogP contribution in [-0.4, -0.2) is 24.1 Å². The summed E-state index contributed by atoms with van der Waals surface area (Å²) in [5.74, 6) is -0.465. The number of nitrogens with one attached hydrogen (secondary N) is 1. The van der Waals surface area contributed by atoms with Gasteiger partial charge in [-0.2, -0.15) is 0 Å². The molecule has 1 aliphatic rings. The van der Waals surface area contributed by atoms with Crippen molar-refractivity contribution >= 4 is 32.3 Å². The fraction of sp³-hybridized carbons (Fsp3) is 0.304. The highest BCUT2D eigenvalue weighted by molar-refractivity contribution is 7.93. The van der Waals surface area contributed by atoms with Crippen molar-refractivity contribution in [3.63, 3.8) is 0 Å². The lowest BCUT2D eigenvalue weighted by Gasteiger charge is -2.28. The fourth-order valence-electron chi connectivity index (χ4n) is 4.16. The molecule has 2 aromatic carbocycles. The maximum atomic E-state index is 13.7. The number of aryl methyl sites for hydroxylation is 2. The first kappa shape index (κ1) is 19.6.